The Kier molecular flexibility index (Phi) is 5.08. The quantitative estimate of drug-likeness (QED) is 0.718. The molecule has 1 aromatic rings. The minimum Gasteiger partial charge on any atom is -0.327 e. The van der Waals surface area contributed by atoms with Crippen LogP contribution < -0.4 is 5.73 Å². The second-order valence-electron chi connectivity index (χ2n) is 3.95. The number of hydrogen-bond donors (Lipinski definition) is 1. The van der Waals surface area contributed by atoms with Gasteiger partial charge in [-0.1, -0.05) is 36.4 Å². The first-order chi connectivity index (χ1) is 7.22. The molecule has 0 heterocycles. The van der Waals surface area contributed by atoms with E-state index in [1.807, 2.05) is 19.1 Å². The van der Waals surface area contributed by atoms with Gasteiger partial charge in [-0.15, -0.1) is 6.58 Å². The second kappa shape index (κ2) is 6.38. The Bertz CT molecular complexity index is 280. The summed E-state index contributed by atoms with van der Waals surface area (Å²) in [6.45, 7) is 8.52. The molecule has 0 aliphatic rings. The monoisotopic (exact) mass is 204 g/mol. The van der Waals surface area contributed by atoms with Gasteiger partial charge in [0, 0.05) is 25.7 Å². The number of hydrogen-bond acceptors (Lipinski definition) is 2. The zero-order chi connectivity index (χ0) is 11.1. The van der Waals surface area contributed by atoms with Crippen molar-refractivity contribution in [3.63, 3.8) is 0 Å². The van der Waals surface area contributed by atoms with Gasteiger partial charge in [0.15, 0.2) is 0 Å². The van der Waals surface area contributed by atoms with Gasteiger partial charge in [-0.3, -0.25) is 4.90 Å². The van der Waals surface area contributed by atoms with Crippen molar-refractivity contribution in [3.05, 3.63) is 48.6 Å². The van der Waals surface area contributed by atoms with Crippen LogP contribution in [0, 0.1) is 0 Å². The van der Waals surface area contributed by atoms with Crippen molar-refractivity contribution < 1.29 is 0 Å². The average molecular weight is 204 g/mol. The minimum atomic E-state index is 0.202. The molecule has 0 bridgehead atoms. The van der Waals surface area contributed by atoms with Crippen molar-refractivity contribution in [3.8, 4) is 0 Å². The Balaban J connectivity index is 2.54. The third-order valence-electron chi connectivity index (χ3n) is 2.18. The van der Waals surface area contributed by atoms with Crippen molar-refractivity contribution in [2.45, 2.75) is 19.5 Å². The molecule has 15 heavy (non-hydrogen) atoms. The van der Waals surface area contributed by atoms with Gasteiger partial charge in [0.25, 0.3) is 0 Å². The lowest BCUT2D eigenvalue weighted by Gasteiger charge is -2.22. The van der Waals surface area contributed by atoms with Gasteiger partial charge in [0.2, 0.25) is 0 Å². The second-order valence-corrected chi connectivity index (χ2v) is 3.95. The van der Waals surface area contributed by atoms with Gasteiger partial charge in [-0.2, -0.15) is 0 Å². The first-order valence-corrected chi connectivity index (χ1v) is 5.35. The molecule has 0 aliphatic heterocycles. The standard InChI is InChI=1S/C13H20N2/c1-3-9-15(10-12(2)14)11-13-7-5-4-6-8-13/h3-8,12H,1,9-11,14H2,2H3/t12-/m0/s1. The highest BCUT2D eigenvalue weighted by Crippen LogP contribution is 2.04. The molecule has 0 aliphatic carbocycles. The van der Waals surface area contributed by atoms with Gasteiger partial charge in [0.05, 0.1) is 0 Å². The zero-order valence-corrected chi connectivity index (χ0v) is 9.39. The lowest BCUT2D eigenvalue weighted by molar-refractivity contribution is 0.280. The highest BCUT2D eigenvalue weighted by atomic mass is 15.1. The molecule has 0 aromatic heterocycles. The molecule has 1 rings (SSSR count). The lowest BCUT2D eigenvalue weighted by Crippen LogP contribution is -2.35. The van der Waals surface area contributed by atoms with E-state index in [1.165, 1.54) is 5.56 Å². The van der Waals surface area contributed by atoms with E-state index in [1.54, 1.807) is 0 Å². The van der Waals surface area contributed by atoms with Crippen LogP contribution in [-0.2, 0) is 6.54 Å². The largest absolute Gasteiger partial charge is 0.327 e. The number of rotatable bonds is 6. The molecule has 1 aromatic carbocycles. The van der Waals surface area contributed by atoms with E-state index in [9.17, 15) is 0 Å². The number of benzene rings is 1. The van der Waals surface area contributed by atoms with E-state index in [4.69, 9.17) is 5.73 Å². The molecule has 0 fully saturated rings. The number of nitrogens with zero attached hydrogens (tertiary/aromatic N) is 1. The Morgan fingerprint density at radius 1 is 1.40 bits per heavy atom. The summed E-state index contributed by atoms with van der Waals surface area (Å²) in [7, 11) is 0. The van der Waals surface area contributed by atoms with E-state index in [0.717, 1.165) is 19.6 Å². The molecule has 82 valence electrons. The smallest absolute Gasteiger partial charge is 0.0237 e. The maximum Gasteiger partial charge on any atom is 0.0237 e. The molecule has 0 unspecified atom stereocenters. The molecule has 2 heteroatoms. The average Bonchev–Trinajstić information content (AvgIpc) is 2.18. The fourth-order valence-corrected chi connectivity index (χ4v) is 1.64. The topological polar surface area (TPSA) is 29.3 Å². The molecule has 0 saturated carbocycles. The van der Waals surface area contributed by atoms with Crippen LogP contribution in [0.25, 0.3) is 0 Å². The van der Waals surface area contributed by atoms with Crippen molar-refractivity contribution in [1.82, 2.24) is 4.90 Å². The van der Waals surface area contributed by atoms with Crippen LogP contribution in [0.3, 0.4) is 0 Å². The predicted molar refractivity (Wildman–Crippen MR) is 65.6 cm³/mol. The summed E-state index contributed by atoms with van der Waals surface area (Å²) in [6.07, 6.45) is 1.92. The summed E-state index contributed by atoms with van der Waals surface area (Å²) in [5.41, 5.74) is 7.12. The molecule has 0 saturated heterocycles. The van der Waals surface area contributed by atoms with Gasteiger partial charge in [-0.25, -0.2) is 0 Å². The van der Waals surface area contributed by atoms with Crippen LogP contribution in [0.1, 0.15) is 12.5 Å². The Labute approximate surface area is 92.4 Å². The third-order valence-corrected chi connectivity index (χ3v) is 2.18. The fraction of sp³-hybridized carbons (Fsp3) is 0.385. The van der Waals surface area contributed by atoms with E-state index >= 15 is 0 Å². The molecule has 2 N–H and O–H groups in total. The summed E-state index contributed by atoms with van der Waals surface area (Å²) < 4.78 is 0. The summed E-state index contributed by atoms with van der Waals surface area (Å²) in [5.74, 6) is 0. The SMILES string of the molecule is C=CCN(Cc1ccccc1)C[C@H](C)N. The van der Waals surface area contributed by atoms with Crippen LogP contribution in [0.5, 0.6) is 0 Å². The molecule has 0 amide bonds. The van der Waals surface area contributed by atoms with Crippen molar-refractivity contribution in [2.75, 3.05) is 13.1 Å². The first-order valence-electron chi connectivity index (χ1n) is 5.35. The Morgan fingerprint density at radius 3 is 2.60 bits per heavy atom. The van der Waals surface area contributed by atoms with Crippen LogP contribution >= 0.6 is 0 Å². The normalized spacial score (nSPS) is 12.7. The van der Waals surface area contributed by atoms with Gasteiger partial charge in [-0.05, 0) is 12.5 Å². The van der Waals surface area contributed by atoms with Gasteiger partial charge >= 0.3 is 0 Å². The summed E-state index contributed by atoms with van der Waals surface area (Å²) in [4.78, 5) is 2.30. The Morgan fingerprint density at radius 2 is 2.07 bits per heavy atom. The predicted octanol–water partition coefficient (Wildman–Crippen LogP) is 2.02. The van der Waals surface area contributed by atoms with E-state index in [2.05, 4.69) is 35.7 Å². The van der Waals surface area contributed by atoms with Gasteiger partial charge < -0.3 is 5.73 Å². The van der Waals surface area contributed by atoms with Crippen molar-refractivity contribution in [2.24, 2.45) is 5.73 Å². The molecule has 0 spiro atoms. The lowest BCUT2D eigenvalue weighted by atomic mass is 10.2. The fourth-order valence-electron chi connectivity index (χ4n) is 1.64. The molecular weight excluding hydrogens is 184 g/mol. The van der Waals surface area contributed by atoms with Crippen molar-refractivity contribution in [1.29, 1.82) is 0 Å². The van der Waals surface area contributed by atoms with Crippen LogP contribution in [-0.4, -0.2) is 24.0 Å². The van der Waals surface area contributed by atoms with E-state index in [-0.39, 0.29) is 6.04 Å². The summed E-state index contributed by atoms with van der Waals surface area (Å²) >= 11 is 0. The van der Waals surface area contributed by atoms with Gasteiger partial charge in [0.1, 0.15) is 0 Å². The maximum atomic E-state index is 5.80. The third kappa shape index (κ3) is 4.77. The Hall–Kier alpha value is -1.12. The minimum absolute atomic E-state index is 0.202. The molecular formula is C13H20N2. The summed E-state index contributed by atoms with van der Waals surface area (Å²) in [6, 6.07) is 10.6. The van der Waals surface area contributed by atoms with Crippen LogP contribution in [0.15, 0.2) is 43.0 Å². The number of nitrogens with two attached hydrogens (primary N) is 1. The summed E-state index contributed by atoms with van der Waals surface area (Å²) in [5, 5.41) is 0. The molecule has 1 atom stereocenters. The van der Waals surface area contributed by atoms with E-state index < -0.39 is 0 Å². The maximum absolute atomic E-state index is 5.80. The highest BCUT2D eigenvalue weighted by molar-refractivity contribution is 5.14. The highest BCUT2D eigenvalue weighted by Gasteiger charge is 2.05. The zero-order valence-electron chi connectivity index (χ0n) is 9.39. The first kappa shape index (κ1) is 12.0. The van der Waals surface area contributed by atoms with E-state index in [0.29, 0.717) is 0 Å². The van der Waals surface area contributed by atoms with Crippen molar-refractivity contribution >= 4 is 0 Å². The molecule has 2 nitrogen and oxygen atoms in total. The molecule has 0 radical (unpaired) electrons. The van der Waals surface area contributed by atoms with Crippen LogP contribution in [0.4, 0.5) is 0 Å². The van der Waals surface area contributed by atoms with Crippen LogP contribution in [0.2, 0.25) is 0 Å².